The van der Waals surface area contributed by atoms with Crippen molar-refractivity contribution in [1.82, 2.24) is 5.32 Å². The van der Waals surface area contributed by atoms with Crippen molar-refractivity contribution in [2.24, 2.45) is 0 Å². The van der Waals surface area contributed by atoms with E-state index < -0.39 is 43.2 Å². The van der Waals surface area contributed by atoms with E-state index in [0.29, 0.717) is 0 Å². The lowest BCUT2D eigenvalue weighted by molar-refractivity contribution is -0.253. The van der Waals surface area contributed by atoms with Gasteiger partial charge in [-0.1, -0.05) is 0 Å². The number of carbonyl (C=O) groups is 1. The zero-order chi connectivity index (χ0) is 11.6. The molecule has 0 saturated carbocycles. The average molecular weight is 223 g/mol. The fourth-order valence-corrected chi connectivity index (χ4v) is 1.49. The number of rotatable bonds is 2. The highest BCUT2D eigenvalue weighted by Gasteiger charge is 2.43. The highest BCUT2D eigenvalue weighted by Crippen LogP contribution is 2.19. The minimum absolute atomic E-state index is 0.462. The Morgan fingerprint density at radius 3 is 2.40 bits per heavy atom. The molecule has 1 heterocycles. The van der Waals surface area contributed by atoms with Gasteiger partial charge in [0.25, 0.3) is 0 Å². The van der Waals surface area contributed by atoms with E-state index in [4.69, 9.17) is 9.84 Å². The van der Waals surface area contributed by atoms with Gasteiger partial charge in [0.05, 0.1) is 6.61 Å². The van der Waals surface area contributed by atoms with Crippen LogP contribution in [0.5, 0.6) is 0 Å². The molecule has 7 nitrogen and oxygen atoms in total. The maximum atomic E-state index is 10.7. The van der Waals surface area contributed by atoms with Gasteiger partial charge < -0.3 is 30.5 Å². The van der Waals surface area contributed by atoms with Crippen molar-refractivity contribution in [3.8, 4) is 0 Å². The van der Waals surface area contributed by atoms with Crippen molar-refractivity contribution in [1.29, 1.82) is 0 Å². The third-order valence-electron chi connectivity index (χ3n) is 2.27. The molecule has 0 aromatic heterocycles. The van der Waals surface area contributed by atoms with Crippen LogP contribution in [-0.4, -0.2) is 63.6 Å². The van der Waals surface area contributed by atoms with Gasteiger partial charge in [-0.2, -0.15) is 0 Å². The van der Waals surface area contributed by atoms with Gasteiger partial charge in [0.1, 0.15) is 24.4 Å². The lowest BCUT2D eigenvalue weighted by Gasteiger charge is -2.40. The van der Waals surface area contributed by atoms with Crippen LogP contribution in [0.1, 0.15) is 6.92 Å². The van der Waals surface area contributed by atoms with Crippen LogP contribution in [0.15, 0.2) is 0 Å². The Labute approximate surface area is 86.3 Å². The molecule has 15 heavy (non-hydrogen) atoms. The monoisotopic (exact) mass is 223 g/mol. The van der Waals surface area contributed by atoms with Crippen molar-refractivity contribution < 1.29 is 30.0 Å². The second-order valence-corrected chi connectivity index (χ2v) is 3.46. The molecule has 88 valence electrons. The molecule has 1 saturated heterocycles. The maximum Gasteiger partial charge on any atom is 0.217 e. The Hall–Kier alpha value is -0.730. The molecule has 0 aromatic carbocycles. The third-order valence-corrected chi connectivity index (χ3v) is 2.27. The second kappa shape index (κ2) is 4.86. The van der Waals surface area contributed by atoms with Crippen molar-refractivity contribution in [2.45, 2.75) is 37.6 Å². The molecule has 0 aliphatic carbocycles. The summed E-state index contributed by atoms with van der Waals surface area (Å²) in [5, 5.41) is 39.4. The van der Waals surface area contributed by atoms with Gasteiger partial charge in [0, 0.05) is 6.92 Å². The molecule has 0 bridgehead atoms. The van der Waals surface area contributed by atoms with Gasteiger partial charge in [-0.05, 0) is 0 Å². The minimum atomic E-state index is -1.45. The fourth-order valence-electron chi connectivity index (χ4n) is 1.49. The topological polar surface area (TPSA) is 119 Å². The first kappa shape index (κ1) is 12.3. The molecule has 1 aliphatic rings. The number of nitrogens with one attached hydrogen (secondary N) is 1. The Morgan fingerprint density at radius 2 is 1.93 bits per heavy atom. The highest BCUT2D eigenvalue weighted by molar-refractivity contribution is 5.73. The smallest absolute Gasteiger partial charge is 0.217 e. The molecule has 1 aliphatic heterocycles. The van der Waals surface area contributed by atoms with Crippen LogP contribution in [0.2, 0.25) is 0 Å². The van der Waals surface area contributed by atoms with Crippen LogP contribution < -0.4 is 5.32 Å². The zero-order valence-electron chi connectivity index (χ0n) is 8.20. The molecule has 5 N–H and O–H groups in total. The summed E-state index contributed by atoms with van der Waals surface area (Å²) in [6.45, 7) is 0.687. The maximum absolute atomic E-state index is 10.7. The first-order valence-electron chi connectivity index (χ1n) is 4.55. The summed E-state index contributed by atoms with van der Waals surface area (Å²) in [4.78, 5) is 10.7. The van der Waals surface area contributed by atoms with E-state index in [0.717, 1.165) is 0 Å². The van der Waals surface area contributed by atoms with E-state index in [-0.39, 0.29) is 0 Å². The Bertz CT molecular complexity index is 235. The Balaban J connectivity index is 2.70. The van der Waals surface area contributed by atoms with E-state index in [2.05, 4.69) is 5.32 Å². The average Bonchev–Trinajstić information content (AvgIpc) is 2.18. The highest BCUT2D eigenvalue weighted by atomic mass is 16.6. The number of amides is 1. The number of carbonyl (C=O) groups excluding carboxylic acids is 1. The standard InChI is InChI=1S/C8H15NO6/c1-3(11)9-5-7(13)6(12)4(2-10)15-8(5)14/h4-8,10,12-14H,2H2,1H3,(H,9,11)/t4?,5?,6-,7-,8-/m1/s1/i1+1,3+1. The largest absolute Gasteiger partial charge is 0.394 e. The Morgan fingerprint density at radius 1 is 1.33 bits per heavy atom. The van der Waals surface area contributed by atoms with Crippen molar-refractivity contribution in [3.63, 3.8) is 0 Å². The van der Waals surface area contributed by atoms with Crippen molar-refractivity contribution in [3.05, 3.63) is 0 Å². The predicted octanol–water partition coefficient (Wildman–Crippen LogP) is -3.08. The molecule has 0 aromatic rings. The molecule has 5 atom stereocenters. The summed E-state index contributed by atoms with van der Waals surface area (Å²) < 4.78 is 4.81. The summed E-state index contributed by atoms with van der Waals surface area (Å²) in [5.74, 6) is -0.462. The first-order chi connectivity index (χ1) is 6.97. The van der Waals surface area contributed by atoms with Gasteiger partial charge in [-0.25, -0.2) is 0 Å². The molecule has 1 rings (SSSR count). The van der Waals surface area contributed by atoms with Crippen LogP contribution in [0.25, 0.3) is 0 Å². The van der Waals surface area contributed by atoms with Crippen molar-refractivity contribution in [2.75, 3.05) is 6.61 Å². The van der Waals surface area contributed by atoms with E-state index in [9.17, 15) is 20.1 Å². The fraction of sp³-hybridized carbons (Fsp3) is 0.875. The van der Waals surface area contributed by atoms with Crippen LogP contribution in [0.3, 0.4) is 0 Å². The van der Waals surface area contributed by atoms with Gasteiger partial charge in [0.2, 0.25) is 5.91 Å². The summed E-state index contributed by atoms with van der Waals surface area (Å²) in [5.41, 5.74) is 0. The van der Waals surface area contributed by atoms with E-state index in [1.807, 2.05) is 0 Å². The van der Waals surface area contributed by atoms with Crippen LogP contribution in [0.4, 0.5) is 0 Å². The summed E-state index contributed by atoms with van der Waals surface area (Å²) in [6, 6.07) is -1.10. The van der Waals surface area contributed by atoms with Gasteiger partial charge in [0.15, 0.2) is 6.29 Å². The number of aliphatic hydroxyl groups excluding tert-OH is 4. The van der Waals surface area contributed by atoms with E-state index in [1.54, 1.807) is 0 Å². The van der Waals surface area contributed by atoms with Crippen LogP contribution in [0, 0.1) is 0 Å². The van der Waals surface area contributed by atoms with E-state index in [1.165, 1.54) is 6.92 Å². The lowest BCUT2D eigenvalue weighted by atomic mass is 9.97. The first-order valence-corrected chi connectivity index (χ1v) is 4.55. The van der Waals surface area contributed by atoms with Gasteiger partial charge >= 0.3 is 0 Å². The van der Waals surface area contributed by atoms with Crippen LogP contribution >= 0.6 is 0 Å². The normalized spacial score (nSPS) is 41.3. The van der Waals surface area contributed by atoms with Gasteiger partial charge in [-0.3, -0.25) is 4.79 Å². The molecule has 0 spiro atoms. The Kier molecular flexibility index (Phi) is 4.00. The lowest BCUT2D eigenvalue weighted by Crippen LogP contribution is -2.63. The molecule has 1 amide bonds. The quantitative estimate of drug-likeness (QED) is 0.317. The summed E-state index contributed by atoms with van der Waals surface area (Å²) in [6.07, 6.45) is -5.24. The zero-order valence-corrected chi connectivity index (χ0v) is 8.20. The van der Waals surface area contributed by atoms with Crippen molar-refractivity contribution >= 4 is 5.91 Å². The number of hydrogen-bond donors (Lipinski definition) is 5. The summed E-state index contributed by atoms with van der Waals surface area (Å²) >= 11 is 0. The molecular formula is C8H15NO6. The minimum Gasteiger partial charge on any atom is -0.394 e. The van der Waals surface area contributed by atoms with Crippen LogP contribution in [-0.2, 0) is 9.53 Å². The SMILES string of the molecule is [13CH3][13C](=O)NC1[C@H](O)OC(CO)[C@@H](O)[C@@H]1O. The predicted molar refractivity (Wildman–Crippen MR) is 47.6 cm³/mol. The molecular weight excluding hydrogens is 208 g/mol. The van der Waals surface area contributed by atoms with E-state index >= 15 is 0 Å². The summed E-state index contributed by atoms with van der Waals surface area (Å²) in [7, 11) is 0. The molecule has 1 fully saturated rings. The molecule has 7 heteroatoms. The third kappa shape index (κ3) is 2.64. The number of aliphatic hydroxyl groups is 4. The van der Waals surface area contributed by atoms with Gasteiger partial charge in [-0.15, -0.1) is 0 Å². The number of ether oxygens (including phenoxy) is 1. The second-order valence-electron chi connectivity index (χ2n) is 3.46. The molecule has 0 radical (unpaired) electrons. The molecule has 2 unspecified atom stereocenters. The number of hydrogen-bond acceptors (Lipinski definition) is 6.